The Morgan fingerprint density at radius 3 is 2.00 bits per heavy atom. The van der Waals surface area contributed by atoms with Crippen molar-refractivity contribution in [3.63, 3.8) is 0 Å². The van der Waals surface area contributed by atoms with Crippen LogP contribution in [0.2, 0.25) is 0 Å². The van der Waals surface area contributed by atoms with Gasteiger partial charge in [0.15, 0.2) is 0 Å². The molecule has 5 heteroatoms. The zero-order chi connectivity index (χ0) is 15.7. The standard InChI is InChI=1S/C15H29NO4/c1-5-6-7-8-9-16(10-12(4)14(17)18)13(11(2)3)15(19)20/h11-13H,5-10H2,1-4H3,(H,17,18)(H,19,20). The number of unbranched alkanes of at least 4 members (excludes halogenated alkanes) is 3. The van der Waals surface area contributed by atoms with E-state index in [1.807, 2.05) is 18.7 Å². The van der Waals surface area contributed by atoms with E-state index in [0.717, 1.165) is 25.7 Å². The number of carbonyl (C=O) groups is 2. The molecule has 0 aliphatic carbocycles. The van der Waals surface area contributed by atoms with Crippen molar-refractivity contribution in [2.75, 3.05) is 13.1 Å². The Morgan fingerprint density at radius 2 is 1.60 bits per heavy atom. The molecule has 0 aromatic heterocycles. The monoisotopic (exact) mass is 287 g/mol. The molecule has 0 heterocycles. The third kappa shape index (κ3) is 6.89. The molecular weight excluding hydrogens is 258 g/mol. The normalized spacial score (nSPS) is 14.5. The molecule has 2 N–H and O–H groups in total. The third-order valence-electron chi connectivity index (χ3n) is 3.51. The van der Waals surface area contributed by atoms with Crippen molar-refractivity contribution in [1.29, 1.82) is 0 Å². The van der Waals surface area contributed by atoms with Gasteiger partial charge in [0, 0.05) is 6.54 Å². The molecule has 2 unspecified atom stereocenters. The fraction of sp³-hybridized carbons (Fsp3) is 0.867. The van der Waals surface area contributed by atoms with Crippen molar-refractivity contribution in [3.05, 3.63) is 0 Å². The number of hydrogen-bond acceptors (Lipinski definition) is 3. The van der Waals surface area contributed by atoms with Gasteiger partial charge in [0.25, 0.3) is 0 Å². The lowest BCUT2D eigenvalue weighted by atomic mass is 10.00. The van der Waals surface area contributed by atoms with E-state index in [4.69, 9.17) is 5.11 Å². The average Bonchev–Trinajstić information content (AvgIpc) is 2.33. The number of carboxylic acids is 2. The largest absolute Gasteiger partial charge is 0.481 e. The van der Waals surface area contributed by atoms with Crippen LogP contribution in [-0.2, 0) is 9.59 Å². The second-order valence-corrected chi connectivity index (χ2v) is 5.82. The molecule has 0 spiro atoms. The van der Waals surface area contributed by atoms with Crippen molar-refractivity contribution in [3.8, 4) is 0 Å². The van der Waals surface area contributed by atoms with E-state index in [1.165, 1.54) is 0 Å². The second-order valence-electron chi connectivity index (χ2n) is 5.82. The summed E-state index contributed by atoms with van der Waals surface area (Å²) in [6.45, 7) is 8.41. The van der Waals surface area contributed by atoms with Gasteiger partial charge in [-0.05, 0) is 18.9 Å². The molecule has 0 aliphatic rings. The molecule has 0 aliphatic heterocycles. The van der Waals surface area contributed by atoms with Gasteiger partial charge in [0.2, 0.25) is 0 Å². The van der Waals surface area contributed by atoms with E-state index < -0.39 is 23.9 Å². The van der Waals surface area contributed by atoms with Crippen LogP contribution < -0.4 is 0 Å². The number of nitrogens with zero attached hydrogens (tertiary/aromatic N) is 1. The predicted molar refractivity (Wildman–Crippen MR) is 78.8 cm³/mol. The van der Waals surface area contributed by atoms with Gasteiger partial charge >= 0.3 is 11.9 Å². The Balaban J connectivity index is 4.74. The number of carboxylic acid groups (broad SMARTS) is 2. The summed E-state index contributed by atoms with van der Waals surface area (Å²) < 4.78 is 0. The summed E-state index contributed by atoms with van der Waals surface area (Å²) in [4.78, 5) is 24.3. The van der Waals surface area contributed by atoms with Crippen molar-refractivity contribution in [2.24, 2.45) is 11.8 Å². The molecule has 0 saturated carbocycles. The van der Waals surface area contributed by atoms with Gasteiger partial charge in [0.05, 0.1) is 5.92 Å². The smallest absolute Gasteiger partial charge is 0.321 e. The second kappa shape index (κ2) is 9.75. The Bertz CT molecular complexity index is 304. The van der Waals surface area contributed by atoms with Crippen LogP contribution in [-0.4, -0.2) is 46.2 Å². The summed E-state index contributed by atoms with van der Waals surface area (Å²) in [5, 5.41) is 18.4. The Labute approximate surface area is 122 Å². The van der Waals surface area contributed by atoms with Crippen LogP contribution in [0.5, 0.6) is 0 Å². The molecule has 0 rings (SSSR count). The van der Waals surface area contributed by atoms with Crippen molar-refractivity contribution in [2.45, 2.75) is 59.4 Å². The summed E-state index contributed by atoms with van der Waals surface area (Å²) in [6.07, 6.45) is 4.22. The highest BCUT2D eigenvalue weighted by molar-refractivity contribution is 5.74. The molecular formula is C15H29NO4. The molecule has 0 aromatic rings. The third-order valence-corrected chi connectivity index (χ3v) is 3.51. The minimum atomic E-state index is -0.878. The zero-order valence-electron chi connectivity index (χ0n) is 13.1. The van der Waals surface area contributed by atoms with Crippen molar-refractivity contribution < 1.29 is 19.8 Å². The molecule has 20 heavy (non-hydrogen) atoms. The van der Waals surface area contributed by atoms with E-state index in [1.54, 1.807) is 6.92 Å². The Morgan fingerprint density at radius 1 is 1.00 bits per heavy atom. The lowest BCUT2D eigenvalue weighted by molar-refractivity contribution is -0.148. The number of aliphatic carboxylic acids is 2. The van der Waals surface area contributed by atoms with Crippen LogP contribution in [0.15, 0.2) is 0 Å². The fourth-order valence-electron chi connectivity index (χ4n) is 2.38. The quantitative estimate of drug-likeness (QED) is 0.571. The first-order chi connectivity index (χ1) is 9.31. The molecule has 0 saturated heterocycles. The maximum absolute atomic E-state index is 11.4. The van der Waals surface area contributed by atoms with Crippen molar-refractivity contribution in [1.82, 2.24) is 4.90 Å². The molecule has 0 bridgehead atoms. The topological polar surface area (TPSA) is 77.8 Å². The van der Waals surface area contributed by atoms with Gasteiger partial charge in [-0.15, -0.1) is 0 Å². The first kappa shape index (κ1) is 18.9. The minimum absolute atomic E-state index is 0.0420. The van der Waals surface area contributed by atoms with Gasteiger partial charge in [-0.25, -0.2) is 0 Å². The van der Waals surface area contributed by atoms with Crippen LogP contribution in [0, 0.1) is 11.8 Å². The highest BCUT2D eigenvalue weighted by atomic mass is 16.4. The predicted octanol–water partition coefficient (Wildman–Crippen LogP) is 2.70. The number of hydrogen-bond donors (Lipinski definition) is 2. The number of rotatable bonds is 11. The van der Waals surface area contributed by atoms with Gasteiger partial charge in [-0.1, -0.05) is 47.0 Å². The molecule has 2 atom stereocenters. The summed E-state index contributed by atoms with van der Waals surface area (Å²) in [6, 6.07) is -0.613. The molecule has 118 valence electrons. The van der Waals surface area contributed by atoms with Gasteiger partial charge in [0.1, 0.15) is 6.04 Å². The summed E-state index contributed by atoms with van der Waals surface area (Å²) >= 11 is 0. The van der Waals surface area contributed by atoms with E-state index >= 15 is 0 Å². The average molecular weight is 287 g/mol. The maximum atomic E-state index is 11.4. The molecule has 5 nitrogen and oxygen atoms in total. The first-order valence-corrected chi connectivity index (χ1v) is 7.50. The Hall–Kier alpha value is -1.10. The van der Waals surface area contributed by atoms with Crippen LogP contribution in [0.1, 0.15) is 53.4 Å². The lowest BCUT2D eigenvalue weighted by Gasteiger charge is -2.32. The molecule has 0 amide bonds. The summed E-state index contributed by atoms with van der Waals surface area (Å²) in [5.41, 5.74) is 0. The van der Waals surface area contributed by atoms with E-state index in [-0.39, 0.29) is 12.5 Å². The van der Waals surface area contributed by atoms with Crippen LogP contribution in [0.3, 0.4) is 0 Å². The maximum Gasteiger partial charge on any atom is 0.321 e. The highest BCUT2D eigenvalue weighted by Gasteiger charge is 2.30. The Kier molecular flexibility index (Phi) is 9.21. The van der Waals surface area contributed by atoms with Crippen LogP contribution >= 0.6 is 0 Å². The fourth-order valence-corrected chi connectivity index (χ4v) is 2.38. The van der Waals surface area contributed by atoms with Crippen LogP contribution in [0.4, 0.5) is 0 Å². The van der Waals surface area contributed by atoms with E-state index in [9.17, 15) is 14.7 Å². The lowest BCUT2D eigenvalue weighted by Crippen LogP contribution is -2.47. The highest BCUT2D eigenvalue weighted by Crippen LogP contribution is 2.15. The zero-order valence-corrected chi connectivity index (χ0v) is 13.1. The summed E-state index contributed by atoms with van der Waals surface area (Å²) in [5.74, 6) is -2.34. The van der Waals surface area contributed by atoms with Gasteiger partial charge < -0.3 is 10.2 Å². The van der Waals surface area contributed by atoms with E-state index in [2.05, 4.69) is 6.92 Å². The molecule has 0 fully saturated rings. The van der Waals surface area contributed by atoms with Gasteiger partial charge in [-0.2, -0.15) is 0 Å². The first-order valence-electron chi connectivity index (χ1n) is 7.50. The van der Waals surface area contributed by atoms with Crippen LogP contribution in [0.25, 0.3) is 0 Å². The summed E-state index contributed by atoms with van der Waals surface area (Å²) in [7, 11) is 0. The molecule has 0 aromatic carbocycles. The minimum Gasteiger partial charge on any atom is -0.481 e. The van der Waals surface area contributed by atoms with E-state index in [0.29, 0.717) is 6.54 Å². The SMILES string of the molecule is CCCCCCN(CC(C)C(=O)O)C(C(=O)O)C(C)C. The van der Waals surface area contributed by atoms with Gasteiger partial charge in [-0.3, -0.25) is 14.5 Å². The van der Waals surface area contributed by atoms with Crippen molar-refractivity contribution >= 4 is 11.9 Å². The molecule has 0 radical (unpaired) electrons.